The van der Waals surface area contributed by atoms with Gasteiger partial charge < -0.3 is 4.74 Å². The molecule has 0 radical (unpaired) electrons. The van der Waals surface area contributed by atoms with Gasteiger partial charge in [-0.05, 0) is 19.1 Å². The van der Waals surface area contributed by atoms with Gasteiger partial charge in [0.15, 0.2) is 11.0 Å². The molecule has 0 spiro atoms. The summed E-state index contributed by atoms with van der Waals surface area (Å²) in [5, 5.41) is 10.4. The summed E-state index contributed by atoms with van der Waals surface area (Å²) in [4.78, 5) is 16.5. The SMILES string of the molecule is C=CCn1c(SCC(=O)OC)nnc1-c1cc(-c2ccc(C)cc2)nc2ccccc12. The van der Waals surface area contributed by atoms with Crippen LogP contribution in [0.2, 0.25) is 0 Å². The summed E-state index contributed by atoms with van der Waals surface area (Å²) < 4.78 is 6.71. The Bertz CT molecular complexity index is 1250. The van der Waals surface area contributed by atoms with E-state index in [4.69, 9.17) is 9.72 Å². The number of benzene rings is 2. The fourth-order valence-electron chi connectivity index (χ4n) is 3.30. The standard InChI is InChI=1S/C24H22N4O2S/c1-4-13-28-23(26-27-24(28)31-15-22(29)30-3)19-14-21(17-11-9-16(2)10-12-17)25-20-8-6-5-7-18(19)20/h4-12,14H,1,13,15H2,2-3H3. The number of aryl methyl sites for hydroxylation is 1. The molecule has 0 saturated heterocycles. The van der Waals surface area contributed by atoms with Crippen LogP contribution in [0.1, 0.15) is 5.56 Å². The number of carbonyl (C=O) groups excluding carboxylic acids is 1. The minimum atomic E-state index is -0.310. The largest absolute Gasteiger partial charge is 0.468 e. The third-order valence-corrected chi connectivity index (χ3v) is 5.82. The van der Waals surface area contributed by atoms with Crippen molar-refractivity contribution in [1.82, 2.24) is 19.7 Å². The van der Waals surface area contributed by atoms with Gasteiger partial charge in [-0.3, -0.25) is 9.36 Å². The average molecular weight is 431 g/mol. The molecule has 0 bridgehead atoms. The van der Waals surface area contributed by atoms with Gasteiger partial charge in [-0.15, -0.1) is 16.8 Å². The number of esters is 1. The van der Waals surface area contributed by atoms with Crippen LogP contribution in [-0.4, -0.2) is 38.6 Å². The molecule has 2 aromatic heterocycles. The number of ether oxygens (including phenoxy) is 1. The summed E-state index contributed by atoms with van der Waals surface area (Å²) in [7, 11) is 1.37. The molecular weight excluding hydrogens is 408 g/mol. The Balaban J connectivity index is 1.87. The number of methoxy groups -OCH3 is 1. The van der Waals surface area contributed by atoms with E-state index >= 15 is 0 Å². The normalized spacial score (nSPS) is 10.9. The van der Waals surface area contributed by atoms with Gasteiger partial charge in [0.25, 0.3) is 0 Å². The quantitative estimate of drug-likeness (QED) is 0.235. The summed E-state index contributed by atoms with van der Waals surface area (Å²) in [5.41, 5.74) is 4.91. The molecule has 7 heteroatoms. The van der Waals surface area contributed by atoms with Crippen LogP contribution in [0.25, 0.3) is 33.5 Å². The van der Waals surface area contributed by atoms with E-state index < -0.39 is 0 Å². The number of aromatic nitrogens is 4. The van der Waals surface area contributed by atoms with Gasteiger partial charge in [0.05, 0.1) is 24.1 Å². The monoisotopic (exact) mass is 430 g/mol. The van der Waals surface area contributed by atoms with E-state index in [0.717, 1.165) is 27.7 Å². The van der Waals surface area contributed by atoms with Crippen LogP contribution in [0.3, 0.4) is 0 Å². The Morgan fingerprint density at radius 3 is 2.68 bits per heavy atom. The Labute approximate surface area is 185 Å². The number of hydrogen-bond donors (Lipinski definition) is 0. The van der Waals surface area contributed by atoms with Gasteiger partial charge in [-0.2, -0.15) is 0 Å². The van der Waals surface area contributed by atoms with Gasteiger partial charge in [0.2, 0.25) is 0 Å². The van der Waals surface area contributed by atoms with E-state index in [-0.39, 0.29) is 11.7 Å². The highest BCUT2D eigenvalue weighted by molar-refractivity contribution is 7.99. The van der Waals surface area contributed by atoms with Crippen LogP contribution in [-0.2, 0) is 16.1 Å². The zero-order valence-electron chi connectivity index (χ0n) is 17.4. The second-order valence-corrected chi connectivity index (χ2v) is 7.95. The molecule has 0 aliphatic carbocycles. The van der Waals surface area contributed by atoms with Crippen molar-refractivity contribution in [2.45, 2.75) is 18.6 Å². The lowest BCUT2D eigenvalue weighted by Gasteiger charge is -2.12. The Morgan fingerprint density at radius 1 is 1.16 bits per heavy atom. The molecule has 156 valence electrons. The maximum Gasteiger partial charge on any atom is 0.316 e. The number of fused-ring (bicyclic) bond motifs is 1. The highest BCUT2D eigenvalue weighted by Gasteiger charge is 2.18. The molecule has 0 unspecified atom stereocenters. The number of hydrogen-bond acceptors (Lipinski definition) is 6. The summed E-state index contributed by atoms with van der Waals surface area (Å²) in [5.74, 6) is 0.562. The lowest BCUT2D eigenvalue weighted by Crippen LogP contribution is -2.06. The number of carbonyl (C=O) groups is 1. The van der Waals surface area contributed by atoms with Gasteiger partial charge in [-0.1, -0.05) is 65.9 Å². The van der Waals surface area contributed by atoms with Crippen molar-refractivity contribution < 1.29 is 9.53 Å². The van der Waals surface area contributed by atoms with E-state index in [1.807, 2.05) is 34.9 Å². The van der Waals surface area contributed by atoms with Crippen molar-refractivity contribution in [1.29, 1.82) is 0 Å². The van der Waals surface area contributed by atoms with Crippen LogP contribution in [0.4, 0.5) is 0 Å². The van der Waals surface area contributed by atoms with Gasteiger partial charge in [-0.25, -0.2) is 4.98 Å². The van der Waals surface area contributed by atoms with Crippen LogP contribution >= 0.6 is 11.8 Å². The molecule has 31 heavy (non-hydrogen) atoms. The van der Waals surface area contributed by atoms with E-state index in [2.05, 4.69) is 48.0 Å². The summed E-state index contributed by atoms with van der Waals surface area (Å²) in [6.07, 6.45) is 1.79. The third kappa shape index (κ3) is 4.36. The predicted octanol–water partition coefficient (Wildman–Crippen LogP) is 4.92. The first kappa shape index (κ1) is 20.8. The summed E-state index contributed by atoms with van der Waals surface area (Å²) in [6.45, 7) is 6.45. The minimum Gasteiger partial charge on any atom is -0.468 e. The van der Waals surface area contributed by atoms with Crippen LogP contribution in [0.5, 0.6) is 0 Å². The molecular formula is C24H22N4O2S. The number of rotatable bonds is 7. The second-order valence-electron chi connectivity index (χ2n) is 7.01. The minimum absolute atomic E-state index is 0.164. The maximum atomic E-state index is 11.6. The van der Waals surface area contributed by atoms with Crippen LogP contribution in [0, 0.1) is 6.92 Å². The zero-order chi connectivity index (χ0) is 21.8. The molecule has 0 aliphatic heterocycles. The molecule has 0 aliphatic rings. The van der Waals surface area contributed by atoms with E-state index in [1.54, 1.807) is 6.08 Å². The topological polar surface area (TPSA) is 69.9 Å². The lowest BCUT2D eigenvalue weighted by atomic mass is 10.0. The smallest absolute Gasteiger partial charge is 0.316 e. The summed E-state index contributed by atoms with van der Waals surface area (Å²) >= 11 is 1.29. The van der Waals surface area contributed by atoms with Crippen molar-refractivity contribution in [3.8, 4) is 22.6 Å². The molecule has 2 aromatic carbocycles. The molecule has 4 aromatic rings. The molecule has 6 nitrogen and oxygen atoms in total. The maximum absolute atomic E-state index is 11.6. The van der Waals surface area contributed by atoms with E-state index in [9.17, 15) is 4.79 Å². The third-order valence-electron chi connectivity index (χ3n) is 4.88. The van der Waals surface area contributed by atoms with Gasteiger partial charge in [0, 0.05) is 23.1 Å². The number of pyridine rings is 1. The van der Waals surface area contributed by atoms with E-state index in [1.165, 1.54) is 24.4 Å². The second kappa shape index (κ2) is 9.14. The fraction of sp³-hybridized carbons (Fsp3) is 0.167. The van der Waals surface area contributed by atoms with Crippen molar-refractivity contribution in [3.63, 3.8) is 0 Å². The Hall–Kier alpha value is -3.45. The molecule has 0 fully saturated rings. The number of para-hydroxylation sites is 1. The average Bonchev–Trinajstić information content (AvgIpc) is 3.19. The number of nitrogens with zero attached hydrogens (tertiary/aromatic N) is 4. The lowest BCUT2D eigenvalue weighted by molar-refractivity contribution is -0.137. The first-order valence-corrected chi connectivity index (χ1v) is 10.8. The van der Waals surface area contributed by atoms with Crippen molar-refractivity contribution in [3.05, 3.63) is 72.8 Å². The molecule has 0 atom stereocenters. The first-order valence-electron chi connectivity index (χ1n) is 9.81. The number of thioether (sulfide) groups is 1. The predicted molar refractivity (Wildman–Crippen MR) is 124 cm³/mol. The first-order chi connectivity index (χ1) is 15.1. The highest BCUT2D eigenvalue weighted by atomic mass is 32.2. The molecule has 2 heterocycles. The van der Waals surface area contributed by atoms with Crippen LogP contribution in [0.15, 0.2) is 72.4 Å². The fourth-order valence-corrected chi connectivity index (χ4v) is 4.08. The Morgan fingerprint density at radius 2 is 1.94 bits per heavy atom. The van der Waals surface area contributed by atoms with Crippen molar-refractivity contribution in [2.75, 3.05) is 12.9 Å². The van der Waals surface area contributed by atoms with Crippen molar-refractivity contribution >= 4 is 28.6 Å². The molecule has 0 saturated carbocycles. The molecule has 0 amide bonds. The molecule has 4 rings (SSSR count). The van der Waals surface area contributed by atoms with E-state index in [0.29, 0.717) is 17.5 Å². The molecule has 0 N–H and O–H groups in total. The summed E-state index contributed by atoms with van der Waals surface area (Å²) in [6, 6.07) is 18.3. The van der Waals surface area contributed by atoms with Gasteiger partial charge >= 0.3 is 5.97 Å². The van der Waals surface area contributed by atoms with Crippen molar-refractivity contribution in [2.24, 2.45) is 0 Å². The number of allylic oxidation sites excluding steroid dienone is 1. The zero-order valence-corrected chi connectivity index (χ0v) is 18.2. The van der Waals surface area contributed by atoms with Crippen LogP contribution < -0.4 is 0 Å². The highest BCUT2D eigenvalue weighted by Crippen LogP contribution is 2.33. The van der Waals surface area contributed by atoms with Gasteiger partial charge in [0.1, 0.15) is 0 Å². The Kier molecular flexibility index (Phi) is 6.13.